The minimum atomic E-state index is -0.0140. The Balaban J connectivity index is 1.96. The number of ketones is 1. The molecule has 0 N–H and O–H groups in total. The highest BCUT2D eigenvalue weighted by Crippen LogP contribution is 2.29. The van der Waals surface area contributed by atoms with Crippen LogP contribution < -0.4 is 0 Å². The molecule has 0 spiro atoms. The zero-order valence-electron chi connectivity index (χ0n) is 10.8. The van der Waals surface area contributed by atoms with Crippen LogP contribution in [0.5, 0.6) is 0 Å². The Bertz CT molecular complexity index is 409. The van der Waals surface area contributed by atoms with Crippen molar-refractivity contribution in [3.8, 4) is 0 Å². The molecule has 0 aliphatic carbocycles. The Hall–Kier alpha value is -1.16. The van der Waals surface area contributed by atoms with Gasteiger partial charge in [-0.05, 0) is 26.7 Å². The number of Topliss-reactive ketones (excluding diaryl/α,β-unsaturated/α-hetero) is 1. The third-order valence-electron chi connectivity index (χ3n) is 3.22. The van der Waals surface area contributed by atoms with Gasteiger partial charge in [-0.3, -0.25) is 9.48 Å². The van der Waals surface area contributed by atoms with Gasteiger partial charge in [-0.2, -0.15) is 5.10 Å². The highest BCUT2D eigenvalue weighted by atomic mass is 16.5. The van der Waals surface area contributed by atoms with Crippen molar-refractivity contribution >= 4 is 5.78 Å². The summed E-state index contributed by atoms with van der Waals surface area (Å²) in [5.74, 6) is 0.143. The molecule has 1 aromatic rings. The van der Waals surface area contributed by atoms with E-state index in [1.54, 1.807) is 6.20 Å². The Morgan fingerprint density at radius 1 is 1.65 bits per heavy atom. The normalized spacial score (nSPS) is 22.9. The van der Waals surface area contributed by atoms with Crippen LogP contribution in [-0.2, 0) is 11.3 Å². The predicted octanol–water partition coefficient (Wildman–Crippen LogP) is 2.43. The lowest BCUT2D eigenvalue weighted by molar-refractivity contribution is -0.0229. The minimum absolute atomic E-state index is 0.0140. The summed E-state index contributed by atoms with van der Waals surface area (Å²) >= 11 is 0. The summed E-state index contributed by atoms with van der Waals surface area (Å²) in [5, 5.41) is 4.21. The van der Waals surface area contributed by atoms with E-state index in [9.17, 15) is 4.79 Å². The SMILES string of the molecule is CCC(=O)c1cnn(CC2CCC(C)(C)O2)c1. The Morgan fingerprint density at radius 3 is 3.00 bits per heavy atom. The van der Waals surface area contributed by atoms with E-state index < -0.39 is 0 Å². The Labute approximate surface area is 102 Å². The molecule has 2 rings (SSSR count). The number of carbonyl (C=O) groups excluding carboxylic acids is 1. The van der Waals surface area contributed by atoms with E-state index in [0.29, 0.717) is 12.0 Å². The lowest BCUT2D eigenvalue weighted by Gasteiger charge is -2.19. The molecule has 4 heteroatoms. The standard InChI is InChI=1S/C13H20N2O2/c1-4-12(16)10-7-14-15(8-10)9-11-5-6-13(2,3)17-11/h7-8,11H,4-6,9H2,1-3H3. The van der Waals surface area contributed by atoms with E-state index in [1.807, 2.05) is 17.8 Å². The van der Waals surface area contributed by atoms with Gasteiger partial charge in [0.2, 0.25) is 0 Å². The molecule has 17 heavy (non-hydrogen) atoms. The molecule has 2 heterocycles. The fourth-order valence-electron chi connectivity index (χ4n) is 2.23. The van der Waals surface area contributed by atoms with E-state index >= 15 is 0 Å². The Kier molecular flexibility index (Phi) is 3.33. The average molecular weight is 236 g/mol. The van der Waals surface area contributed by atoms with Crippen molar-refractivity contribution in [2.75, 3.05) is 0 Å². The molecule has 1 aliphatic heterocycles. The van der Waals surface area contributed by atoms with Gasteiger partial charge in [0.25, 0.3) is 0 Å². The van der Waals surface area contributed by atoms with Crippen molar-refractivity contribution in [3.05, 3.63) is 18.0 Å². The van der Waals surface area contributed by atoms with Crippen LogP contribution in [0.4, 0.5) is 0 Å². The first-order valence-corrected chi connectivity index (χ1v) is 6.23. The van der Waals surface area contributed by atoms with Crippen molar-refractivity contribution in [3.63, 3.8) is 0 Å². The van der Waals surface area contributed by atoms with E-state index in [-0.39, 0.29) is 17.5 Å². The largest absolute Gasteiger partial charge is 0.370 e. The molecule has 1 fully saturated rings. The summed E-state index contributed by atoms with van der Waals surface area (Å²) in [5.41, 5.74) is 0.685. The Morgan fingerprint density at radius 2 is 2.41 bits per heavy atom. The van der Waals surface area contributed by atoms with Crippen LogP contribution in [0.1, 0.15) is 50.4 Å². The molecule has 1 saturated heterocycles. The molecular formula is C13H20N2O2. The molecule has 0 bridgehead atoms. The van der Waals surface area contributed by atoms with Crippen molar-refractivity contribution < 1.29 is 9.53 Å². The second-order valence-electron chi connectivity index (χ2n) is 5.27. The van der Waals surface area contributed by atoms with Gasteiger partial charge in [-0.1, -0.05) is 6.92 Å². The van der Waals surface area contributed by atoms with E-state index in [1.165, 1.54) is 0 Å². The van der Waals surface area contributed by atoms with Gasteiger partial charge in [-0.15, -0.1) is 0 Å². The molecule has 1 unspecified atom stereocenters. The van der Waals surface area contributed by atoms with Gasteiger partial charge < -0.3 is 4.74 Å². The lowest BCUT2D eigenvalue weighted by atomic mass is 10.1. The van der Waals surface area contributed by atoms with Gasteiger partial charge in [0, 0.05) is 12.6 Å². The molecule has 0 radical (unpaired) electrons. The van der Waals surface area contributed by atoms with E-state index in [4.69, 9.17) is 4.74 Å². The summed E-state index contributed by atoms with van der Waals surface area (Å²) < 4.78 is 7.72. The van der Waals surface area contributed by atoms with Crippen LogP contribution in [-0.4, -0.2) is 27.3 Å². The maximum absolute atomic E-state index is 11.5. The number of hydrogen-bond donors (Lipinski definition) is 0. The second kappa shape index (κ2) is 4.61. The number of nitrogens with zero attached hydrogens (tertiary/aromatic N) is 2. The zero-order chi connectivity index (χ0) is 12.5. The summed E-state index contributed by atoms with van der Waals surface area (Å²) in [4.78, 5) is 11.5. The monoisotopic (exact) mass is 236 g/mol. The highest BCUT2D eigenvalue weighted by molar-refractivity contribution is 5.95. The molecule has 1 aliphatic rings. The van der Waals surface area contributed by atoms with Crippen molar-refractivity contribution in [1.82, 2.24) is 9.78 Å². The fourth-order valence-corrected chi connectivity index (χ4v) is 2.23. The van der Waals surface area contributed by atoms with Gasteiger partial charge in [0.1, 0.15) is 0 Å². The summed E-state index contributed by atoms with van der Waals surface area (Å²) in [7, 11) is 0. The van der Waals surface area contributed by atoms with Gasteiger partial charge >= 0.3 is 0 Å². The number of ether oxygens (including phenoxy) is 1. The van der Waals surface area contributed by atoms with Gasteiger partial charge in [0.15, 0.2) is 5.78 Å². The lowest BCUT2D eigenvalue weighted by Crippen LogP contribution is -2.23. The third-order valence-corrected chi connectivity index (χ3v) is 3.22. The average Bonchev–Trinajstić information content (AvgIpc) is 2.85. The summed E-state index contributed by atoms with van der Waals surface area (Å²) in [6, 6.07) is 0. The van der Waals surface area contributed by atoms with Crippen molar-refractivity contribution in [2.24, 2.45) is 0 Å². The first kappa shape index (κ1) is 12.3. The van der Waals surface area contributed by atoms with E-state index in [0.717, 1.165) is 19.4 Å². The third kappa shape index (κ3) is 2.94. The molecular weight excluding hydrogens is 216 g/mol. The van der Waals surface area contributed by atoms with Crippen molar-refractivity contribution in [2.45, 2.75) is 58.3 Å². The molecule has 1 aromatic heterocycles. The van der Waals surface area contributed by atoms with Gasteiger partial charge in [0.05, 0.1) is 30.0 Å². The van der Waals surface area contributed by atoms with Crippen molar-refractivity contribution in [1.29, 1.82) is 0 Å². The van der Waals surface area contributed by atoms with Crippen LogP contribution >= 0.6 is 0 Å². The molecule has 0 amide bonds. The smallest absolute Gasteiger partial charge is 0.165 e. The van der Waals surface area contributed by atoms with Crippen LogP contribution in [0, 0.1) is 0 Å². The highest BCUT2D eigenvalue weighted by Gasteiger charge is 2.31. The first-order valence-electron chi connectivity index (χ1n) is 6.23. The molecule has 4 nitrogen and oxygen atoms in total. The molecule has 1 atom stereocenters. The molecule has 94 valence electrons. The second-order valence-corrected chi connectivity index (χ2v) is 5.27. The maximum Gasteiger partial charge on any atom is 0.165 e. The number of hydrogen-bond acceptors (Lipinski definition) is 3. The van der Waals surface area contributed by atoms with Crippen LogP contribution in [0.15, 0.2) is 12.4 Å². The first-order chi connectivity index (χ1) is 8.00. The minimum Gasteiger partial charge on any atom is -0.370 e. The molecule has 0 aromatic carbocycles. The van der Waals surface area contributed by atoms with E-state index in [2.05, 4.69) is 18.9 Å². The van der Waals surface area contributed by atoms with Crippen LogP contribution in [0.2, 0.25) is 0 Å². The quantitative estimate of drug-likeness (QED) is 0.754. The topological polar surface area (TPSA) is 44.1 Å². The van der Waals surface area contributed by atoms with Crippen LogP contribution in [0.25, 0.3) is 0 Å². The number of carbonyl (C=O) groups is 1. The fraction of sp³-hybridized carbons (Fsp3) is 0.692. The zero-order valence-corrected chi connectivity index (χ0v) is 10.8. The molecule has 0 saturated carbocycles. The number of rotatable bonds is 4. The maximum atomic E-state index is 11.5. The summed E-state index contributed by atoms with van der Waals surface area (Å²) in [6.45, 7) is 6.83. The van der Waals surface area contributed by atoms with Crippen LogP contribution in [0.3, 0.4) is 0 Å². The summed E-state index contributed by atoms with van der Waals surface area (Å²) in [6.07, 6.45) is 6.35. The number of aromatic nitrogens is 2. The van der Waals surface area contributed by atoms with Gasteiger partial charge in [-0.25, -0.2) is 0 Å². The predicted molar refractivity (Wildman–Crippen MR) is 65.0 cm³/mol.